The maximum absolute atomic E-state index is 12.4. The maximum Gasteiger partial charge on any atom is 0.295 e. The first-order valence-corrected chi connectivity index (χ1v) is 9.44. The molecule has 3 aromatic carbocycles. The van der Waals surface area contributed by atoms with E-state index in [4.69, 9.17) is 4.74 Å². The van der Waals surface area contributed by atoms with Gasteiger partial charge in [0.25, 0.3) is 5.91 Å². The molecule has 0 saturated carbocycles. The van der Waals surface area contributed by atoms with Gasteiger partial charge in [-0.3, -0.25) is 4.79 Å². The molecule has 1 unspecified atom stereocenters. The molecule has 2 N–H and O–H groups in total. The molecule has 0 fully saturated rings. The van der Waals surface area contributed by atoms with Crippen molar-refractivity contribution in [3.8, 4) is 11.5 Å². The average molecular weight is 400 g/mol. The molecule has 1 amide bonds. The number of aliphatic hydroxyl groups is 1. The number of hydrogen-bond donors (Lipinski definition) is 2. The topological polar surface area (TPSA) is 89.3 Å². The van der Waals surface area contributed by atoms with Gasteiger partial charge in [-0.1, -0.05) is 48.5 Å². The molecule has 1 aromatic heterocycles. The van der Waals surface area contributed by atoms with Crippen molar-refractivity contribution in [3.63, 3.8) is 0 Å². The number of nitrogens with zero attached hydrogens (tertiary/aromatic N) is 3. The van der Waals surface area contributed by atoms with Gasteiger partial charge in [-0.15, -0.1) is 5.10 Å². The Kier molecular flexibility index (Phi) is 5.82. The van der Waals surface area contributed by atoms with Crippen molar-refractivity contribution >= 4 is 11.6 Å². The number of hydrogen-bond acceptors (Lipinski definition) is 5. The zero-order valence-electron chi connectivity index (χ0n) is 16.1. The number of rotatable bonds is 7. The lowest BCUT2D eigenvalue weighted by Gasteiger charge is -2.10. The van der Waals surface area contributed by atoms with Crippen molar-refractivity contribution < 1.29 is 14.6 Å². The van der Waals surface area contributed by atoms with Crippen molar-refractivity contribution in [3.05, 3.63) is 103 Å². The van der Waals surface area contributed by atoms with Crippen LogP contribution >= 0.6 is 0 Å². The summed E-state index contributed by atoms with van der Waals surface area (Å²) in [6, 6.07) is 25.7. The molecule has 7 heteroatoms. The fourth-order valence-electron chi connectivity index (χ4n) is 2.86. The molecule has 0 radical (unpaired) electrons. The molecule has 1 heterocycles. The molecular weight excluding hydrogens is 380 g/mol. The lowest BCUT2D eigenvalue weighted by molar-refractivity contribution is 0.101. The number of carbonyl (C=O) groups is 1. The molecule has 1 atom stereocenters. The summed E-state index contributed by atoms with van der Waals surface area (Å²) in [6.07, 6.45) is 0.693. The van der Waals surface area contributed by atoms with Gasteiger partial charge in [-0.25, -0.2) is 9.67 Å². The van der Waals surface area contributed by atoms with Crippen LogP contribution in [0.15, 0.2) is 91.3 Å². The minimum atomic E-state index is -0.735. The summed E-state index contributed by atoms with van der Waals surface area (Å²) in [5, 5.41) is 17.2. The van der Waals surface area contributed by atoms with Crippen LogP contribution in [-0.2, 0) is 6.54 Å². The Morgan fingerprint density at radius 1 is 0.933 bits per heavy atom. The molecular formula is C23H20N4O3. The van der Waals surface area contributed by atoms with Gasteiger partial charge in [-0.2, -0.15) is 0 Å². The zero-order valence-corrected chi connectivity index (χ0v) is 16.1. The lowest BCUT2D eigenvalue weighted by atomic mass is 10.1. The third kappa shape index (κ3) is 4.89. The summed E-state index contributed by atoms with van der Waals surface area (Å²) in [5.74, 6) is 0.998. The molecule has 0 aliphatic rings. The van der Waals surface area contributed by atoms with E-state index < -0.39 is 12.0 Å². The second-order valence-electron chi connectivity index (χ2n) is 6.61. The molecule has 0 aliphatic carbocycles. The normalized spacial score (nSPS) is 11.6. The molecule has 0 aliphatic heterocycles. The van der Waals surface area contributed by atoms with Crippen LogP contribution < -0.4 is 10.1 Å². The highest BCUT2D eigenvalue weighted by Crippen LogP contribution is 2.22. The van der Waals surface area contributed by atoms with Crippen LogP contribution in [0.3, 0.4) is 0 Å². The van der Waals surface area contributed by atoms with Gasteiger partial charge in [0.15, 0.2) is 0 Å². The Hall–Kier alpha value is -3.97. The smallest absolute Gasteiger partial charge is 0.295 e. The summed E-state index contributed by atoms with van der Waals surface area (Å²) in [7, 11) is 0. The quantitative estimate of drug-likeness (QED) is 0.488. The van der Waals surface area contributed by atoms with Crippen LogP contribution in [0.5, 0.6) is 11.5 Å². The first-order chi connectivity index (χ1) is 14.7. The monoisotopic (exact) mass is 400 g/mol. The number of nitrogens with one attached hydrogen (secondary N) is 1. The van der Waals surface area contributed by atoms with Crippen LogP contribution in [0.2, 0.25) is 0 Å². The third-order valence-electron chi connectivity index (χ3n) is 4.38. The summed E-state index contributed by atoms with van der Waals surface area (Å²) >= 11 is 0. The Morgan fingerprint density at radius 3 is 2.27 bits per heavy atom. The van der Waals surface area contributed by atoms with Crippen LogP contribution in [0, 0.1) is 0 Å². The second kappa shape index (κ2) is 9.02. The Balaban J connectivity index is 1.35. The van der Waals surface area contributed by atoms with E-state index in [2.05, 4.69) is 15.4 Å². The Morgan fingerprint density at radius 2 is 1.57 bits per heavy atom. The maximum atomic E-state index is 12.4. The van der Waals surface area contributed by atoms with E-state index in [1.165, 1.54) is 11.0 Å². The van der Waals surface area contributed by atoms with Crippen molar-refractivity contribution in [2.45, 2.75) is 12.6 Å². The zero-order chi connectivity index (χ0) is 20.8. The standard InChI is InChI=1S/C23H20N4O3/c28-21(17-7-3-1-4-8-17)15-27-16-24-22(26-27)23(29)25-18-11-13-20(14-12-18)30-19-9-5-2-6-10-19/h1-14,16,21,28H,15H2,(H,25,29). The van der Waals surface area contributed by atoms with E-state index >= 15 is 0 Å². The molecule has 0 spiro atoms. The highest BCUT2D eigenvalue weighted by molar-refractivity contribution is 6.01. The van der Waals surface area contributed by atoms with Gasteiger partial charge in [-0.05, 0) is 42.0 Å². The minimum Gasteiger partial charge on any atom is -0.457 e. The minimum absolute atomic E-state index is 0.0277. The number of anilines is 1. The number of carbonyl (C=O) groups excluding carboxylic acids is 1. The molecule has 4 rings (SSSR count). The van der Waals surface area contributed by atoms with E-state index in [1.54, 1.807) is 24.3 Å². The van der Waals surface area contributed by atoms with E-state index in [1.807, 2.05) is 60.7 Å². The third-order valence-corrected chi connectivity index (χ3v) is 4.38. The van der Waals surface area contributed by atoms with Crippen LogP contribution in [0.4, 0.5) is 5.69 Å². The fraction of sp³-hybridized carbons (Fsp3) is 0.0870. The van der Waals surface area contributed by atoms with Crippen molar-refractivity contribution in [1.82, 2.24) is 14.8 Å². The van der Waals surface area contributed by atoms with Gasteiger partial charge in [0.1, 0.15) is 17.8 Å². The Bertz CT molecular complexity index is 1100. The SMILES string of the molecule is O=C(Nc1ccc(Oc2ccccc2)cc1)c1ncn(CC(O)c2ccccc2)n1. The largest absolute Gasteiger partial charge is 0.457 e. The number of ether oxygens (including phenoxy) is 1. The van der Waals surface area contributed by atoms with E-state index in [0.29, 0.717) is 11.4 Å². The van der Waals surface area contributed by atoms with Gasteiger partial charge in [0.05, 0.1) is 12.6 Å². The van der Waals surface area contributed by atoms with Crippen molar-refractivity contribution in [1.29, 1.82) is 0 Å². The first-order valence-electron chi connectivity index (χ1n) is 9.44. The molecule has 150 valence electrons. The highest BCUT2D eigenvalue weighted by Gasteiger charge is 2.14. The predicted octanol–water partition coefficient (Wildman–Crippen LogP) is 4.06. The summed E-state index contributed by atoms with van der Waals surface area (Å²) in [5.41, 5.74) is 1.37. The average Bonchev–Trinajstić information content (AvgIpc) is 3.25. The van der Waals surface area contributed by atoms with Crippen LogP contribution in [-0.4, -0.2) is 25.8 Å². The van der Waals surface area contributed by atoms with Gasteiger partial charge >= 0.3 is 0 Å². The molecule has 7 nitrogen and oxygen atoms in total. The summed E-state index contributed by atoms with van der Waals surface area (Å²) < 4.78 is 7.18. The number of benzene rings is 3. The molecule has 4 aromatic rings. The number of amides is 1. The summed E-state index contributed by atoms with van der Waals surface area (Å²) in [4.78, 5) is 16.5. The summed E-state index contributed by atoms with van der Waals surface area (Å²) in [6.45, 7) is 0.204. The predicted molar refractivity (Wildman–Crippen MR) is 112 cm³/mol. The number of aliphatic hydroxyl groups excluding tert-OH is 1. The van der Waals surface area contributed by atoms with E-state index in [9.17, 15) is 9.90 Å². The second-order valence-corrected chi connectivity index (χ2v) is 6.61. The molecule has 0 saturated heterocycles. The fourth-order valence-corrected chi connectivity index (χ4v) is 2.86. The number of aromatic nitrogens is 3. The molecule has 30 heavy (non-hydrogen) atoms. The van der Waals surface area contributed by atoms with E-state index in [0.717, 1.165) is 11.3 Å². The Labute approximate surface area is 173 Å². The lowest BCUT2D eigenvalue weighted by Crippen LogP contribution is -2.15. The van der Waals surface area contributed by atoms with E-state index in [-0.39, 0.29) is 12.4 Å². The van der Waals surface area contributed by atoms with Gasteiger partial charge in [0, 0.05) is 5.69 Å². The highest BCUT2D eigenvalue weighted by atomic mass is 16.5. The van der Waals surface area contributed by atoms with Crippen molar-refractivity contribution in [2.75, 3.05) is 5.32 Å². The van der Waals surface area contributed by atoms with Crippen LogP contribution in [0.25, 0.3) is 0 Å². The molecule has 0 bridgehead atoms. The van der Waals surface area contributed by atoms with Crippen LogP contribution in [0.1, 0.15) is 22.3 Å². The first kappa shape index (κ1) is 19.4. The van der Waals surface area contributed by atoms with Crippen molar-refractivity contribution in [2.24, 2.45) is 0 Å². The van der Waals surface area contributed by atoms with Gasteiger partial charge < -0.3 is 15.2 Å². The van der Waals surface area contributed by atoms with Gasteiger partial charge in [0.2, 0.25) is 5.82 Å². The number of para-hydroxylation sites is 1.